The van der Waals surface area contributed by atoms with Gasteiger partial charge in [-0.2, -0.15) is 9.37 Å². The molecule has 0 aliphatic carbocycles. The molecule has 1 aliphatic heterocycles. The summed E-state index contributed by atoms with van der Waals surface area (Å²) in [6, 6.07) is 4.49. The van der Waals surface area contributed by atoms with Crippen LogP contribution in [-0.2, 0) is 0 Å². The molecule has 0 bridgehead atoms. The Labute approximate surface area is 156 Å². The second kappa shape index (κ2) is 6.99. The Kier molecular flexibility index (Phi) is 4.54. The van der Waals surface area contributed by atoms with Crippen molar-refractivity contribution >= 4 is 21.8 Å². The quantitative estimate of drug-likeness (QED) is 0.657. The van der Waals surface area contributed by atoms with E-state index in [1.165, 1.54) is 18.3 Å². The van der Waals surface area contributed by atoms with E-state index in [4.69, 9.17) is 4.52 Å². The zero-order chi connectivity index (χ0) is 18.1. The van der Waals surface area contributed by atoms with E-state index in [1.807, 2.05) is 6.07 Å². The summed E-state index contributed by atoms with van der Waals surface area (Å²) in [5, 5.41) is 4.08. The molecule has 7 nitrogen and oxygen atoms in total. The summed E-state index contributed by atoms with van der Waals surface area (Å²) in [6.45, 7) is 1.13. The van der Waals surface area contributed by atoms with E-state index in [0.717, 1.165) is 23.0 Å². The van der Waals surface area contributed by atoms with Crippen molar-refractivity contribution in [2.75, 3.05) is 13.1 Å². The average molecular weight is 420 g/mol. The summed E-state index contributed by atoms with van der Waals surface area (Å²) in [6.07, 6.45) is 4.76. The van der Waals surface area contributed by atoms with Gasteiger partial charge in [0.1, 0.15) is 5.69 Å². The number of piperidine rings is 1. The summed E-state index contributed by atoms with van der Waals surface area (Å²) >= 11 is 3.37. The maximum Gasteiger partial charge on any atom is 0.274 e. The molecular formula is C17H15BrFN5O2. The maximum atomic E-state index is 13.0. The Bertz CT molecular complexity index is 923. The van der Waals surface area contributed by atoms with E-state index in [0.29, 0.717) is 30.4 Å². The van der Waals surface area contributed by atoms with Crippen molar-refractivity contribution in [3.63, 3.8) is 0 Å². The van der Waals surface area contributed by atoms with Crippen LogP contribution in [-0.4, -0.2) is 44.0 Å². The molecule has 3 aromatic rings. The number of aromatic nitrogens is 4. The van der Waals surface area contributed by atoms with Crippen LogP contribution in [0.15, 0.2) is 39.6 Å². The molecule has 4 heterocycles. The number of nitrogens with one attached hydrogen (secondary N) is 1. The van der Waals surface area contributed by atoms with Crippen LogP contribution < -0.4 is 0 Å². The maximum absolute atomic E-state index is 13.0. The molecule has 3 aromatic heterocycles. The summed E-state index contributed by atoms with van der Waals surface area (Å²) < 4.78 is 19.2. The number of hydrogen-bond acceptors (Lipinski definition) is 5. The van der Waals surface area contributed by atoms with Gasteiger partial charge in [0.15, 0.2) is 5.82 Å². The molecule has 1 aliphatic rings. The molecule has 1 amide bonds. The first-order chi connectivity index (χ1) is 12.6. The van der Waals surface area contributed by atoms with Crippen molar-refractivity contribution in [1.29, 1.82) is 0 Å². The average Bonchev–Trinajstić information content (AvgIpc) is 3.31. The standard InChI is InChI=1S/C17H15BrFN5O2/c18-12-6-13(20-8-12)16-22-15(23-26-16)11-2-1-5-24(9-11)17(25)10-3-4-14(19)21-7-10/h3-4,6-8,11,20H,1-2,5,9H2/t11-/m0/s1. The third-order valence-electron chi connectivity index (χ3n) is 4.37. The van der Waals surface area contributed by atoms with E-state index in [2.05, 4.69) is 36.0 Å². The lowest BCUT2D eigenvalue weighted by Gasteiger charge is -2.31. The van der Waals surface area contributed by atoms with Gasteiger partial charge in [-0.05, 0) is 47.0 Å². The number of carbonyl (C=O) groups excluding carboxylic acids is 1. The van der Waals surface area contributed by atoms with Gasteiger partial charge in [-0.15, -0.1) is 0 Å². The van der Waals surface area contributed by atoms with Crippen LogP contribution in [0.3, 0.4) is 0 Å². The predicted octanol–water partition coefficient (Wildman–Crippen LogP) is 3.38. The number of halogens is 2. The number of likely N-dealkylation sites (tertiary alicyclic amines) is 1. The van der Waals surface area contributed by atoms with Crippen LogP contribution in [0, 0.1) is 5.95 Å². The van der Waals surface area contributed by atoms with Crippen LogP contribution in [0.2, 0.25) is 0 Å². The Morgan fingerprint density at radius 3 is 3.04 bits per heavy atom. The van der Waals surface area contributed by atoms with Gasteiger partial charge in [-0.25, -0.2) is 4.98 Å². The molecule has 26 heavy (non-hydrogen) atoms. The van der Waals surface area contributed by atoms with E-state index >= 15 is 0 Å². The Morgan fingerprint density at radius 2 is 2.31 bits per heavy atom. The molecule has 134 valence electrons. The number of aromatic amines is 1. The molecule has 0 unspecified atom stereocenters. The first kappa shape index (κ1) is 16.9. The zero-order valence-electron chi connectivity index (χ0n) is 13.7. The molecule has 1 N–H and O–H groups in total. The first-order valence-corrected chi connectivity index (χ1v) is 8.98. The van der Waals surface area contributed by atoms with Gasteiger partial charge in [0.05, 0.1) is 5.56 Å². The fourth-order valence-electron chi connectivity index (χ4n) is 3.06. The highest BCUT2D eigenvalue weighted by Crippen LogP contribution is 2.28. The minimum atomic E-state index is -0.603. The summed E-state index contributed by atoms with van der Waals surface area (Å²) in [5.41, 5.74) is 1.11. The number of amides is 1. The lowest BCUT2D eigenvalue weighted by atomic mass is 9.97. The summed E-state index contributed by atoms with van der Waals surface area (Å²) in [5.74, 6) is 0.224. The highest BCUT2D eigenvalue weighted by molar-refractivity contribution is 9.10. The number of hydrogen-bond donors (Lipinski definition) is 1. The van der Waals surface area contributed by atoms with E-state index in [9.17, 15) is 9.18 Å². The van der Waals surface area contributed by atoms with Gasteiger partial charge in [-0.1, -0.05) is 5.16 Å². The number of H-pyrrole nitrogens is 1. The smallest absolute Gasteiger partial charge is 0.274 e. The third kappa shape index (κ3) is 3.39. The van der Waals surface area contributed by atoms with Crippen molar-refractivity contribution in [2.45, 2.75) is 18.8 Å². The molecule has 0 spiro atoms. The molecular weight excluding hydrogens is 405 g/mol. The Morgan fingerprint density at radius 1 is 1.42 bits per heavy atom. The van der Waals surface area contributed by atoms with Gasteiger partial charge < -0.3 is 14.4 Å². The molecule has 0 radical (unpaired) electrons. The van der Waals surface area contributed by atoms with Gasteiger partial charge in [0, 0.05) is 35.9 Å². The van der Waals surface area contributed by atoms with Crippen molar-refractivity contribution in [3.8, 4) is 11.6 Å². The summed E-state index contributed by atoms with van der Waals surface area (Å²) in [4.78, 5) is 25.4. The highest BCUT2D eigenvalue weighted by Gasteiger charge is 2.29. The predicted molar refractivity (Wildman–Crippen MR) is 93.9 cm³/mol. The van der Waals surface area contributed by atoms with E-state index < -0.39 is 5.95 Å². The van der Waals surface area contributed by atoms with Crippen molar-refractivity contribution in [3.05, 3.63) is 52.4 Å². The van der Waals surface area contributed by atoms with Crippen LogP contribution in [0.4, 0.5) is 4.39 Å². The van der Waals surface area contributed by atoms with Gasteiger partial charge >= 0.3 is 0 Å². The van der Waals surface area contributed by atoms with Crippen molar-refractivity contribution in [1.82, 2.24) is 25.0 Å². The van der Waals surface area contributed by atoms with Crippen LogP contribution >= 0.6 is 15.9 Å². The van der Waals surface area contributed by atoms with Crippen molar-refractivity contribution < 1.29 is 13.7 Å². The minimum Gasteiger partial charge on any atom is -0.356 e. The number of carbonyl (C=O) groups is 1. The van der Waals surface area contributed by atoms with Crippen LogP contribution in [0.25, 0.3) is 11.6 Å². The van der Waals surface area contributed by atoms with Crippen LogP contribution in [0.1, 0.15) is 34.9 Å². The topological polar surface area (TPSA) is 87.9 Å². The first-order valence-electron chi connectivity index (χ1n) is 8.19. The van der Waals surface area contributed by atoms with Gasteiger partial charge in [0.25, 0.3) is 11.8 Å². The lowest BCUT2D eigenvalue weighted by molar-refractivity contribution is 0.0703. The Hall–Kier alpha value is -2.55. The minimum absolute atomic E-state index is 0.00277. The molecule has 0 saturated carbocycles. The highest BCUT2D eigenvalue weighted by atomic mass is 79.9. The van der Waals surface area contributed by atoms with Gasteiger partial charge in [-0.3, -0.25) is 4.79 Å². The molecule has 9 heteroatoms. The fourth-order valence-corrected chi connectivity index (χ4v) is 3.40. The van der Waals surface area contributed by atoms with E-state index in [-0.39, 0.29) is 11.8 Å². The van der Waals surface area contributed by atoms with E-state index in [1.54, 1.807) is 11.1 Å². The molecule has 1 saturated heterocycles. The number of nitrogens with zero attached hydrogens (tertiary/aromatic N) is 4. The molecule has 1 fully saturated rings. The zero-order valence-corrected chi connectivity index (χ0v) is 15.2. The largest absolute Gasteiger partial charge is 0.356 e. The molecule has 0 aromatic carbocycles. The SMILES string of the molecule is O=C(c1ccc(F)nc1)N1CCC[C@H](c2noc(-c3cc(Br)c[nH]3)n2)C1. The second-order valence-electron chi connectivity index (χ2n) is 6.15. The van der Waals surface area contributed by atoms with Crippen molar-refractivity contribution in [2.24, 2.45) is 0 Å². The lowest BCUT2D eigenvalue weighted by Crippen LogP contribution is -2.39. The van der Waals surface area contributed by atoms with Gasteiger partial charge in [0.2, 0.25) is 5.95 Å². The number of pyridine rings is 1. The molecule has 4 rings (SSSR count). The van der Waals surface area contributed by atoms with Crippen LogP contribution in [0.5, 0.6) is 0 Å². The normalized spacial score (nSPS) is 17.5. The molecule has 1 atom stereocenters. The fraction of sp³-hybridized carbons (Fsp3) is 0.294. The monoisotopic (exact) mass is 419 g/mol. The Balaban J connectivity index is 1.49. The number of rotatable bonds is 3. The second-order valence-corrected chi connectivity index (χ2v) is 7.06. The third-order valence-corrected chi connectivity index (χ3v) is 4.83. The summed E-state index contributed by atoms with van der Waals surface area (Å²) in [7, 11) is 0.